The van der Waals surface area contributed by atoms with Gasteiger partial charge < -0.3 is 15.5 Å². The molecule has 0 heterocycles. The van der Waals surface area contributed by atoms with Gasteiger partial charge >= 0.3 is 0 Å². The van der Waals surface area contributed by atoms with Crippen molar-refractivity contribution in [2.45, 2.75) is 46.3 Å². The molecule has 96 valence electrons. The molecule has 1 aromatic rings. The van der Waals surface area contributed by atoms with Crippen molar-refractivity contribution in [1.82, 2.24) is 5.32 Å². The molecule has 3 N–H and O–H groups in total. The normalized spacial score (nSPS) is 12.7. The molecule has 0 aliphatic heterocycles. The highest BCUT2D eigenvalue weighted by atomic mass is 16.3. The molecule has 3 heteroatoms. The number of phenols is 1. The second-order valence-corrected chi connectivity index (χ2v) is 4.65. The first kappa shape index (κ1) is 14.0. The molecule has 0 aliphatic rings. The summed E-state index contributed by atoms with van der Waals surface area (Å²) in [6.07, 6.45) is 1.57. The number of aliphatic hydroxyl groups is 1. The van der Waals surface area contributed by atoms with Crippen LogP contribution in [0.1, 0.15) is 36.5 Å². The fraction of sp³-hybridized carbons (Fsp3) is 0.571. The molecule has 0 spiro atoms. The third-order valence-electron chi connectivity index (χ3n) is 2.88. The van der Waals surface area contributed by atoms with Crippen molar-refractivity contribution in [3.8, 4) is 5.75 Å². The molecule has 0 fully saturated rings. The van der Waals surface area contributed by atoms with Gasteiger partial charge in [-0.05, 0) is 37.0 Å². The lowest BCUT2D eigenvalue weighted by atomic mass is 10.1. The van der Waals surface area contributed by atoms with Gasteiger partial charge in [-0.2, -0.15) is 0 Å². The smallest absolute Gasteiger partial charge is 0.121 e. The maximum Gasteiger partial charge on any atom is 0.121 e. The molecule has 0 saturated heterocycles. The molecule has 0 bridgehead atoms. The highest BCUT2D eigenvalue weighted by molar-refractivity contribution is 5.42. The van der Waals surface area contributed by atoms with Crippen molar-refractivity contribution < 1.29 is 10.2 Å². The fourth-order valence-electron chi connectivity index (χ4n) is 1.97. The zero-order valence-corrected chi connectivity index (χ0v) is 11.0. The van der Waals surface area contributed by atoms with Gasteiger partial charge in [-0.3, -0.25) is 0 Å². The Kier molecular flexibility index (Phi) is 5.45. The van der Waals surface area contributed by atoms with Gasteiger partial charge in [0.2, 0.25) is 0 Å². The van der Waals surface area contributed by atoms with E-state index >= 15 is 0 Å². The van der Waals surface area contributed by atoms with Gasteiger partial charge in [-0.1, -0.05) is 25.5 Å². The maximum atomic E-state index is 9.65. The summed E-state index contributed by atoms with van der Waals surface area (Å²) in [4.78, 5) is 0. The Morgan fingerprint density at radius 1 is 1.24 bits per heavy atom. The number of aryl methyl sites for hydroxylation is 2. The molecule has 0 radical (unpaired) electrons. The summed E-state index contributed by atoms with van der Waals surface area (Å²) in [7, 11) is 0. The van der Waals surface area contributed by atoms with Crippen LogP contribution in [0.15, 0.2) is 12.1 Å². The average Bonchev–Trinajstić information content (AvgIpc) is 2.26. The van der Waals surface area contributed by atoms with E-state index in [4.69, 9.17) is 0 Å². The molecule has 0 amide bonds. The number of phenolic OH excluding ortho intramolecular Hbond substituents is 1. The Morgan fingerprint density at radius 2 is 1.82 bits per heavy atom. The molecule has 0 saturated carbocycles. The topological polar surface area (TPSA) is 52.5 Å². The SMILES string of the molecule is CCCC(O)CNCc1cc(C)c(O)c(C)c1. The Bertz CT molecular complexity index is 340. The van der Waals surface area contributed by atoms with Crippen LogP contribution < -0.4 is 5.32 Å². The predicted molar refractivity (Wildman–Crippen MR) is 70.2 cm³/mol. The number of aliphatic hydroxyl groups excluding tert-OH is 1. The van der Waals surface area contributed by atoms with Crippen LogP contribution in [-0.4, -0.2) is 22.9 Å². The Labute approximate surface area is 103 Å². The van der Waals surface area contributed by atoms with Gasteiger partial charge in [0, 0.05) is 13.1 Å². The Balaban J connectivity index is 2.47. The van der Waals surface area contributed by atoms with Crippen LogP contribution in [0.2, 0.25) is 0 Å². The number of rotatable bonds is 6. The van der Waals surface area contributed by atoms with Crippen molar-refractivity contribution in [2.24, 2.45) is 0 Å². The van der Waals surface area contributed by atoms with Crippen LogP contribution in [0, 0.1) is 13.8 Å². The van der Waals surface area contributed by atoms with E-state index in [1.807, 2.05) is 26.0 Å². The van der Waals surface area contributed by atoms with E-state index < -0.39 is 0 Å². The number of benzene rings is 1. The van der Waals surface area contributed by atoms with Gasteiger partial charge in [0.05, 0.1) is 6.10 Å². The number of hydrogen-bond donors (Lipinski definition) is 3. The molecule has 1 unspecified atom stereocenters. The Morgan fingerprint density at radius 3 is 2.35 bits per heavy atom. The van der Waals surface area contributed by atoms with E-state index in [0.717, 1.165) is 36.1 Å². The van der Waals surface area contributed by atoms with Crippen molar-refractivity contribution >= 4 is 0 Å². The van der Waals surface area contributed by atoms with Crippen molar-refractivity contribution in [3.05, 3.63) is 28.8 Å². The zero-order chi connectivity index (χ0) is 12.8. The van der Waals surface area contributed by atoms with Gasteiger partial charge in [-0.15, -0.1) is 0 Å². The standard InChI is InChI=1S/C14H23NO2/c1-4-5-13(16)9-15-8-12-6-10(2)14(17)11(3)7-12/h6-7,13,15-17H,4-5,8-9H2,1-3H3. The summed E-state index contributed by atoms with van der Waals surface area (Å²) in [6.45, 7) is 7.21. The minimum Gasteiger partial charge on any atom is -0.507 e. The van der Waals surface area contributed by atoms with Crippen molar-refractivity contribution in [3.63, 3.8) is 0 Å². The highest BCUT2D eigenvalue weighted by Gasteiger charge is 2.05. The van der Waals surface area contributed by atoms with E-state index in [9.17, 15) is 10.2 Å². The van der Waals surface area contributed by atoms with Crippen LogP contribution in [-0.2, 0) is 6.54 Å². The fourth-order valence-corrected chi connectivity index (χ4v) is 1.97. The van der Waals surface area contributed by atoms with E-state index in [1.165, 1.54) is 0 Å². The van der Waals surface area contributed by atoms with Crippen molar-refractivity contribution in [1.29, 1.82) is 0 Å². The number of nitrogens with one attached hydrogen (secondary N) is 1. The number of aromatic hydroxyl groups is 1. The van der Waals surface area contributed by atoms with Crippen LogP contribution in [0.5, 0.6) is 5.75 Å². The summed E-state index contributed by atoms with van der Waals surface area (Å²) in [5.74, 6) is 0.375. The molecular formula is C14H23NO2. The molecule has 3 nitrogen and oxygen atoms in total. The van der Waals surface area contributed by atoms with Crippen LogP contribution in [0.4, 0.5) is 0 Å². The lowest BCUT2D eigenvalue weighted by Crippen LogP contribution is -2.26. The van der Waals surface area contributed by atoms with Gasteiger partial charge in [0.1, 0.15) is 5.75 Å². The first-order chi connectivity index (χ1) is 8.04. The summed E-state index contributed by atoms with van der Waals surface area (Å²) < 4.78 is 0. The first-order valence-corrected chi connectivity index (χ1v) is 6.22. The lowest BCUT2D eigenvalue weighted by Gasteiger charge is -2.12. The summed E-state index contributed by atoms with van der Waals surface area (Å²) in [5, 5.41) is 22.5. The average molecular weight is 237 g/mol. The van der Waals surface area contributed by atoms with E-state index in [-0.39, 0.29) is 6.10 Å². The summed E-state index contributed by atoms with van der Waals surface area (Å²) in [6, 6.07) is 3.95. The largest absolute Gasteiger partial charge is 0.507 e. The quantitative estimate of drug-likeness (QED) is 0.711. The molecule has 0 aromatic heterocycles. The third-order valence-corrected chi connectivity index (χ3v) is 2.88. The minimum atomic E-state index is -0.265. The lowest BCUT2D eigenvalue weighted by molar-refractivity contribution is 0.160. The zero-order valence-electron chi connectivity index (χ0n) is 11.0. The predicted octanol–water partition coefficient (Wildman–Crippen LogP) is 2.26. The second kappa shape index (κ2) is 6.62. The molecule has 0 aliphatic carbocycles. The Hall–Kier alpha value is -1.06. The van der Waals surface area contributed by atoms with Gasteiger partial charge in [-0.25, -0.2) is 0 Å². The van der Waals surface area contributed by atoms with Gasteiger partial charge in [0.15, 0.2) is 0 Å². The molecule has 1 atom stereocenters. The molecule has 17 heavy (non-hydrogen) atoms. The summed E-state index contributed by atoms with van der Waals surface area (Å²) in [5.41, 5.74) is 2.94. The van der Waals surface area contributed by atoms with Crippen LogP contribution in [0.3, 0.4) is 0 Å². The van der Waals surface area contributed by atoms with E-state index in [0.29, 0.717) is 12.3 Å². The second-order valence-electron chi connectivity index (χ2n) is 4.65. The summed E-state index contributed by atoms with van der Waals surface area (Å²) >= 11 is 0. The first-order valence-electron chi connectivity index (χ1n) is 6.22. The van der Waals surface area contributed by atoms with E-state index in [1.54, 1.807) is 0 Å². The number of hydrogen-bond acceptors (Lipinski definition) is 3. The van der Waals surface area contributed by atoms with Gasteiger partial charge in [0.25, 0.3) is 0 Å². The van der Waals surface area contributed by atoms with Crippen LogP contribution in [0.25, 0.3) is 0 Å². The maximum absolute atomic E-state index is 9.65. The minimum absolute atomic E-state index is 0.265. The molecular weight excluding hydrogens is 214 g/mol. The monoisotopic (exact) mass is 237 g/mol. The van der Waals surface area contributed by atoms with Crippen molar-refractivity contribution in [2.75, 3.05) is 6.54 Å². The molecule has 1 rings (SSSR count). The third kappa shape index (κ3) is 4.36. The van der Waals surface area contributed by atoms with E-state index in [2.05, 4.69) is 12.2 Å². The van der Waals surface area contributed by atoms with Crippen LogP contribution >= 0.6 is 0 Å². The highest BCUT2D eigenvalue weighted by Crippen LogP contribution is 2.22. The molecule has 1 aromatic carbocycles.